The normalized spacial score (nSPS) is 18.0. The zero-order valence-electron chi connectivity index (χ0n) is 17.0. The molecule has 2 aromatic rings. The summed E-state index contributed by atoms with van der Waals surface area (Å²) >= 11 is 0. The lowest BCUT2D eigenvalue weighted by Crippen LogP contribution is -2.33. The van der Waals surface area contributed by atoms with Crippen LogP contribution in [0.5, 0.6) is 0 Å². The molecule has 0 saturated heterocycles. The molecule has 4 rings (SSSR count). The molecule has 2 heterocycles. The third-order valence-electron chi connectivity index (χ3n) is 5.74. The van der Waals surface area contributed by atoms with Gasteiger partial charge >= 0.3 is 0 Å². The molecule has 2 aliphatic rings. The molecule has 7 nitrogen and oxygen atoms in total. The highest BCUT2D eigenvalue weighted by Crippen LogP contribution is 2.36. The summed E-state index contributed by atoms with van der Waals surface area (Å²) in [6, 6.07) is 6.96. The highest BCUT2D eigenvalue weighted by molar-refractivity contribution is 7.89. The van der Waals surface area contributed by atoms with Crippen molar-refractivity contribution < 1.29 is 13.2 Å². The number of benzene rings is 1. The number of para-hydroxylation sites is 1. The third-order valence-corrected chi connectivity index (χ3v) is 7.60. The first-order chi connectivity index (χ1) is 13.9. The lowest BCUT2D eigenvalue weighted by atomic mass is 10.2. The van der Waals surface area contributed by atoms with Crippen LogP contribution in [0.4, 0.5) is 0 Å². The van der Waals surface area contributed by atoms with Gasteiger partial charge in [-0.15, -0.1) is 0 Å². The van der Waals surface area contributed by atoms with Gasteiger partial charge in [0, 0.05) is 20.1 Å². The molecule has 0 bridgehead atoms. The quantitative estimate of drug-likeness (QED) is 0.650. The van der Waals surface area contributed by atoms with Gasteiger partial charge in [0.05, 0.1) is 17.9 Å². The maximum Gasteiger partial charge on any atom is 0.274 e. The van der Waals surface area contributed by atoms with Crippen molar-refractivity contribution in [2.45, 2.75) is 50.5 Å². The second-order valence-electron chi connectivity index (χ2n) is 8.05. The molecular weight excluding hydrogens is 388 g/mol. The van der Waals surface area contributed by atoms with Gasteiger partial charge in [-0.05, 0) is 37.3 Å². The minimum Gasteiger partial charge on any atom is -0.340 e. The molecule has 156 valence electrons. The number of sulfonamides is 1. The Hall–Kier alpha value is -2.19. The van der Waals surface area contributed by atoms with Crippen LogP contribution in [-0.4, -0.2) is 53.2 Å². The average molecular weight is 417 g/mol. The summed E-state index contributed by atoms with van der Waals surface area (Å²) in [5.41, 5.74) is 1.55. The van der Waals surface area contributed by atoms with E-state index < -0.39 is 10.0 Å². The highest BCUT2D eigenvalue weighted by Gasteiger charge is 2.38. The van der Waals surface area contributed by atoms with E-state index in [4.69, 9.17) is 0 Å². The fourth-order valence-electron chi connectivity index (χ4n) is 3.81. The van der Waals surface area contributed by atoms with Crippen molar-refractivity contribution in [2.24, 2.45) is 5.92 Å². The van der Waals surface area contributed by atoms with E-state index in [-0.39, 0.29) is 17.3 Å². The maximum absolute atomic E-state index is 13.3. The molecule has 1 aliphatic heterocycles. The predicted molar refractivity (Wildman–Crippen MR) is 110 cm³/mol. The van der Waals surface area contributed by atoms with Gasteiger partial charge in [-0.25, -0.2) is 13.4 Å². The third kappa shape index (κ3) is 3.83. The molecule has 1 fully saturated rings. The number of imidazole rings is 1. The van der Waals surface area contributed by atoms with Crippen molar-refractivity contribution in [3.05, 3.63) is 42.0 Å². The van der Waals surface area contributed by atoms with Crippen molar-refractivity contribution in [2.75, 3.05) is 20.1 Å². The molecule has 1 aromatic heterocycles. The summed E-state index contributed by atoms with van der Waals surface area (Å²) < 4.78 is 30.0. The average Bonchev–Trinajstić information content (AvgIpc) is 3.45. The smallest absolute Gasteiger partial charge is 0.274 e. The van der Waals surface area contributed by atoms with E-state index in [9.17, 15) is 13.2 Å². The number of rotatable bonds is 7. The van der Waals surface area contributed by atoms with Crippen molar-refractivity contribution >= 4 is 15.9 Å². The summed E-state index contributed by atoms with van der Waals surface area (Å²) in [4.78, 5) is 19.5. The fraction of sp³-hybridized carbons (Fsp3) is 0.524. The number of carbonyl (C=O) groups is 1. The molecule has 0 radical (unpaired) electrons. The van der Waals surface area contributed by atoms with Crippen LogP contribution in [0.3, 0.4) is 0 Å². The van der Waals surface area contributed by atoms with Crippen LogP contribution in [0, 0.1) is 5.92 Å². The molecule has 1 aliphatic carbocycles. The van der Waals surface area contributed by atoms with E-state index in [1.807, 2.05) is 6.07 Å². The number of nitrogens with zero attached hydrogens (tertiary/aromatic N) is 4. The Morgan fingerprint density at radius 1 is 1.24 bits per heavy atom. The number of hydrogen-bond donors (Lipinski definition) is 0. The minimum absolute atomic E-state index is 0.155. The van der Waals surface area contributed by atoms with Gasteiger partial charge in [0.15, 0.2) is 5.69 Å². The van der Waals surface area contributed by atoms with Crippen LogP contribution in [0.1, 0.15) is 55.2 Å². The van der Waals surface area contributed by atoms with Crippen LogP contribution in [0.25, 0.3) is 5.69 Å². The lowest BCUT2D eigenvalue weighted by Gasteiger charge is -2.21. The minimum atomic E-state index is -3.63. The van der Waals surface area contributed by atoms with E-state index in [1.54, 1.807) is 41.0 Å². The topological polar surface area (TPSA) is 75.5 Å². The Morgan fingerprint density at radius 3 is 2.72 bits per heavy atom. The summed E-state index contributed by atoms with van der Waals surface area (Å²) in [7, 11) is -1.85. The van der Waals surface area contributed by atoms with Crippen molar-refractivity contribution in [3.63, 3.8) is 0 Å². The summed E-state index contributed by atoms with van der Waals surface area (Å²) in [6.07, 6.45) is 6.79. The lowest BCUT2D eigenvalue weighted by molar-refractivity contribution is 0.0785. The Bertz CT molecular complexity index is 1010. The Balaban J connectivity index is 1.74. The van der Waals surface area contributed by atoms with Crippen LogP contribution < -0.4 is 0 Å². The standard InChI is InChI=1S/C21H28N4O3S/c1-3-4-7-12-23(2)21(26)20-18-14-24(13-16-10-11-16)29(27,28)19-9-6-5-8-17(19)25(18)15-22-20/h5-6,8-9,15-16H,3-4,7,10-14H2,1-2H3. The summed E-state index contributed by atoms with van der Waals surface area (Å²) in [6.45, 7) is 3.45. The molecule has 0 N–H and O–H groups in total. The molecule has 0 spiro atoms. The number of amides is 1. The highest BCUT2D eigenvalue weighted by atomic mass is 32.2. The Kier molecular flexibility index (Phi) is 5.48. The van der Waals surface area contributed by atoms with Crippen molar-refractivity contribution in [1.29, 1.82) is 0 Å². The first kappa shape index (κ1) is 20.1. The largest absolute Gasteiger partial charge is 0.340 e. The molecule has 29 heavy (non-hydrogen) atoms. The maximum atomic E-state index is 13.3. The van der Waals surface area contributed by atoms with Crippen molar-refractivity contribution in [3.8, 4) is 5.69 Å². The molecule has 1 saturated carbocycles. The van der Waals surface area contributed by atoms with E-state index >= 15 is 0 Å². The molecule has 0 unspecified atom stereocenters. The first-order valence-electron chi connectivity index (χ1n) is 10.3. The molecule has 1 amide bonds. The summed E-state index contributed by atoms with van der Waals surface area (Å²) in [5, 5.41) is 0. The van der Waals surface area contributed by atoms with Crippen LogP contribution in [-0.2, 0) is 16.6 Å². The van der Waals surface area contributed by atoms with Crippen LogP contribution in [0.15, 0.2) is 35.5 Å². The summed E-state index contributed by atoms with van der Waals surface area (Å²) in [5.74, 6) is 0.250. The van der Waals surface area contributed by atoms with E-state index in [0.717, 1.165) is 32.1 Å². The zero-order valence-corrected chi connectivity index (χ0v) is 17.9. The van der Waals surface area contributed by atoms with Gasteiger partial charge in [0.2, 0.25) is 10.0 Å². The van der Waals surface area contributed by atoms with Crippen LogP contribution >= 0.6 is 0 Å². The molecular formula is C21H28N4O3S. The fourth-order valence-corrected chi connectivity index (χ4v) is 5.47. The SMILES string of the molecule is CCCCCN(C)C(=O)c1ncn2c1CN(CC1CC1)S(=O)(=O)c1ccccc1-2. The van der Waals surface area contributed by atoms with Crippen LogP contribution in [0.2, 0.25) is 0 Å². The first-order valence-corrected chi connectivity index (χ1v) is 11.8. The van der Waals surface area contributed by atoms with E-state index in [2.05, 4.69) is 11.9 Å². The number of fused-ring (bicyclic) bond motifs is 3. The van der Waals surface area contributed by atoms with E-state index in [1.165, 1.54) is 4.31 Å². The molecule has 1 aromatic carbocycles. The van der Waals surface area contributed by atoms with Gasteiger partial charge in [-0.3, -0.25) is 9.36 Å². The second-order valence-corrected chi connectivity index (χ2v) is 9.96. The Labute approximate surface area is 172 Å². The van der Waals surface area contributed by atoms with Gasteiger partial charge in [0.25, 0.3) is 5.91 Å². The van der Waals surface area contributed by atoms with Gasteiger partial charge in [-0.1, -0.05) is 31.9 Å². The van der Waals surface area contributed by atoms with Gasteiger partial charge in [0.1, 0.15) is 11.2 Å². The number of carbonyl (C=O) groups excluding carboxylic acids is 1. The number of aromatic nitrogens is 2. The van der Waals surface area contributed by atoms with Gasteiger partial charge < -0.3 is 4.90 Å². The zero-order chi connectivity index (χ0) is 20.6. The second kappa shape index (κ2) is 7.91. The van der Waals surface area contributed by atoms with Gasteiger partial charge in [-0.2, -0.15) is 4.31 Å². The van der Waals surface area contributed by atoms with Crippen molar-refractivity contribution in [1.82, 2.24) is 18.8 Å². The monoisotopic (exact) mass is 416 g/mol. The van der Waals surface area contributed by atoms with E-state index in [0.29, 0.717) is 36.1 Å². The number of hydrogen-bond acceptors (Lipinski definition) is 4. The Morgan fingerprint density at radius 2 is 2.00 bits per heavy atom. The molecule has 8 heteroatoms. The number of unbranched alkanes of at least 4 members (excludes halogenated alkanes) is 2. The molecule has 0 atom stereocenters. The predicted octanol–water partition coefficient (Wildman–Crippen LogP) is 3.05.